The number of nitrogens with zero attached hydrogens (tertiary/aromatic N) is 2. The number of carbonyl (C=O) groups is 1. The summed E-state index contributed by atoms with van der Waals surface area (Å²) in [6, 6.07) is 7.33. The Hall–Kier alpha value is -1.43. The topological polar surface area (TPSA) is 53.4 Å². The van der Waals surface area contributed by atoms with E-state index in [0.29, 0.717) is 18.0 Å². The number of alkyl halides is 1. The maximum atomic E-state index is 12.3. The Balaban J connectivity index is 2.23. The first kappa shape index (κ1) is 15.9. The second-order valence-electron chi connectivity index (χ2n) is 4.89. The molecule has 0 aliphatic carbocycles. The molecule has 0 aliphatic heterocycles. The average molecular weight is 325 g/mol. The molecule has 0 saturated carbocycles. The molecule has 6 heteroatoms. The average Bonchev–Trinajstić information content (AvgIpc) is 2.95. The van der Waals surface area contributed by atoms with E-state index in [1.165, 1.54) is 16.2 Å². The number of aromatic nitrogens is 1. The van der Waals surface area contributed by atoms with Crippen LogP contribution in [0, 0.1) is 0 Å². The van der Waals surface area contributed by atoms with Crippen molar-refractivity contribution >= 4 is 28.8 Å². The first-order valence-electron chi connectivity index (χ1n) is 6.55. The predicted molar refractivity (Wildman–Crippen MR) is 85.7 cm³/mol. The van der Waals surface area contributed by atoms with E-state index >= 15 is 0 Å². The van der Waals surface area contributed by atoms with Crippen molar-refractivity contribution in [3.63, 3.8) is 0 Å². The summed E-state index contributed by atoms with van der Waals surface area (Å²) in [5, 5.41) is 12.1. The van der Waals surface area contributed by atoms with Crippen molar-refractivity contribution in [1.29, 1.82) is 0 Å². The van der Waals surface area contributed by atoms with E-state index in [1.807, 2.05) is 23.6 Å². The molecular weight excluding hydrogens is 308 g/mol. The van der Waals surface area contributed by atoms with Gasteiger partial charge in [-0.15, -0.1) is 22.9 Å². The van der Waals surface area contributed by atoms with Crippen LogP contribution in [-0.4, -0.2) is 40.6 Å². The molecule has 0 radical (unpaired) electrons. The third-order valence-corrected chi connectivity index (χ3v) is 4.14. The molecule has 2 aromatic rings. The zero-order valence-electron chi connectivity index (χ0n) is 11.9. The van der Waals surface area contributed by atoms with Gasteiger partial charge in [-0.2, -0.15) is 0 Å². The van der Waals surface area contributed by atoms with Crippen LogP contribution < -0.4 is 0 Å². The Kier molecular flexibility index (Phi) is 5.33. The monoisotopic (exact) mass is 324 g/mol. The lowest BCUT2D eigenvalue weighted by atomic mass is 10.1. The number of aliphatic hydroxyl groups is 1. The molecule has 1 aromatic heterocycles. The summed E-state index contributed by atoms with van der Waals surface area (Å²) >= 11 is 7.27. The predicted octanol–water partition coefficient (Wildman–Crippen LogP) is 3.00. The second kappa shape index (κ2) is 7.02. The first-order chi connectivity index (χ1) is 10.0. The summed E-state index contributed by atoms with van der Waals surface area (Å²) in [4.78, 5) is 18.2. The maximum Gasteiger partial charge on any atom is 0.253 e. The van der Waals surface area contributed by atoms with Gasteiger partial charge >= 0.3 is 0 Å². The fourth-order valence-corrected chi connectivity index (χ4v) is 3.03. The van der Waals surface area contributed by atoms with E-state index in [2.05, 4.69) is 4.98 Å². The molecule has 0 bridgehead atoms. The van der Waals surface area contributed by atoms with Crippen molar-refractivity contribution < 1.29 is 9.90 Å². The molecule has 0 aliphatic rings. The minimum Gasteiger partial charge on any atom is -0.392 e. The number of hydrogen-bond donors (Lipinski definition) is 1. The number of hydrogen-bond acceptors (Lipinski definition) is 4. The van der Waals surface area contributed by atoms with Gasteiger partial charge in [0.1, 0.15) is 5.01 Å². The van der Waals surface area contributed by atoms with Gasteiger partial charge < -0.3 is 10.0 Å². The van der Waals surface area contributed by atoms with Gasteiger partial charge in [0, 0.05) is 30.1 Å². The largest absolute Gasteiger partial charge is 0.392 e. The fraction of sp³-hybridized carbons (Fsp3) is 0.333. The van der Waals surface area contributed by atoms with Crippen LogP contribution in [0.1, 0.15) is 23.0 Å². The Morgan fingerprint density at radius 2 is 2.29 bits per heavy atom. The lowest BCUT2D eigenvalue weighted by Gasteiger charge is -2.19. The van der Waals surface area contributed by atoms with Crippen molar-refractivity contribution in [3.8, 4) is 10.6 Å². The molecule has 1 heterocycles. The smallest absolute Gasteiger partial charge is 0.253 e. The van der Waals surface area contributed by atoms with Crippen LogP contribution in [0.15, 0.2) is 29.6 Å². The number of thiazole rings is 1. The number of carbonyl (C=O) groups excluding carboxylic acids is 1. The molecular formula is C15H17ClN2O2S. The van der Waals surface area contributed by atoms with E-state index < -0.39 is 6.10 Å². The second-order valence-corrected chi connectivity index (χ2v) is 6.02. The Morgan fingerprint density at radius 3 is 2.90 bits per heavy atom. The van der Waals surface area contributed by atoms with Crippen LogP contribution in [0.2, 0.25) is 0 Å². The van der Waals surface area contributed by atoms with Gasteiger partial charge in [0.15, 0.2) is 0 Å². The number of benzene rings is 1. The van der Waals surface area contributed by atoms with E-state index in [-0.39, 0.29) is 5.91 Å². The van der Waals surface area contributed by atoms with Crippen LogP contribution in [0.25, 0.3) is 10.6 Å². The zero-order chi connectivity index (χ0) is 15.4. The molecule has 0 spiro atoms. The Labute approximate surface area is 133 Å². The van der Waals surface area contributed by atoms with Crippen LogP contribution in [-0.2, 0) is 5.88 Å². The zero-order valence-corrected chi connectivity index (χ0v) is 13.5. The van der Waals surface area contributed by atoms with Crippen LogP contribution in [0.5, 0.6) is 0 Å². The lowest BCUT2D eigenvalue weighted by Crippen LogP contribution is -2.33. The van der Waals surface area contributed by atoms with Crippen molar-refractivity contribution in [2.75, 3.05) is 13.6 Å². The first-order valence-corrected chi connectivity index (χ1v) is 7.97. The highest BCUT2D eigenvalue weighted by molar-refractivity contribution is 7.13. The van der Waals surface area contributed by atoms with Crippen LogP contribution in [0.4, 0.5) is 0 Å². The fourth-order valence-electron chi connectivity index (χ4n) is 1.99. The van der Waals surface area contributed by atoms with Gasteiger partial charge in [-0.25, -0.2) is 4.98 Å². The number of amides is 1. The van der Waals surface area contributed by atoms with Crippen LogP contribution >= 0.6 is 22.9 Å². The van der Waals surface area contributed by atoms with E-state index in [9.17, 15) is 9.90 Å². The third-order valence-electron chi connectivity index (χ3n) is 2.93. The van der Waals surface area contributed by atoms with Gasteiger partial charge in [0.05, 0.1) is 17.7 Å². The molecule has 1 N–H and O–H groups in total. The highest BCUT2D eigenvalue weighted by Crippen LogP contribution is 2.25. The third kappa shape index (κ3) is 4.03. The van der Waals surface area contributed by atoms with Crippen molar-refractivity contribution in [2.24, 2.45) is 0 Å². The highest BCUT2D eigenvalue weighted by Gasteiger charge is 2.14. The molecule has 0 fully saturated rings. The molecule has 1 unspecified atom stereocenters. The molecule has 1 amide bonds. The van der Waals surface area contributed by atoms with E-state index in [0.717, 1.165) is 16.3 Å². The SMILES string of the molecule is CC(O)CN(C)C(=O)c1cccc(-c2nc(CCl)cs2)c1. The molecule has 0 saturated heterocycles. The van der Waals surface area contributed by atoms with Gasteiger partial charge in [0.2, 0.25) is 0 Å². The number of halogens is 1. The maximum absolute atomic E-state index is 12.3. The van der Waals surface area contributed by atoms with Crippen molar-refractivity contribution in [2.45, 2.75) is 18.9 Å². The minimum atomic E-state index is -0.549. The van der Waals surface area contributed by atoms with Gasteiger partial charge in [-0.3, -0.25) is 4.79 Å². The van der Waals surface area contributed by atoms with Gasteiger partial charge in [0.25, 0.3) is 5.91 Å². The standard InChI is InChI=1S/C15H17ClN2O2S/c1-10(19)8-18(2)15(20)12-5-3-4-11(6-12)14-17-13(7-16)9-21-14/h3-6,9-10,19H,7-8H2,1-2H3. The molecule has 1 atom stereocenters. The summed E-state index contributed by atoms with van der Waals surface area (Å²) in [6.45, 7) is 1.96. The number of rotatable bonds is 5. The van der Waals surface area contributed by atoms with E-state index in [4.69, 9.17) is 11.6 Å². The summed E-state index contributed by atoms with van der Waals surface area (Å²) in [6.07, 6.45) is -0.549. The Bertz CT molecular complexity index is 628. The lowest BCUT2D eigenvalue weighted by molar-refractivity contribution is 0.0704. The molecule has 2 rings (SSSR count). The van der Waals surface area contributed by atoms with Gasteiger partial charge in [-0.1, -0.05) is 12.1 Å². The molecule has 112 valence electrons. The number of aliphatic hydroxyl groups excluding tert-OH is 1. The quantitative estimate of drug-likeness (QED) is 0.860. The summed E-state index contributed by atoms with van der Waals surface area (Å²) in [5.41, 5.74) is 2.31. The van der Waals surface area contributed by atoms with Crippen LogP contribution in [0.3, 0.4) is 0 Å². The molecule has 4 nitrogen and oxygen atoms in total. The Morgan fingerprint density at radius 1 is 1.52 bits per heavy atom. The minimum absolute atomic E-state index is 0.119. The van der Waals surface area contributed by atoms with E-state index in [1.54, 1.807) is 20.0 Å². The van der Waals surface area contributed by atoms with Crippen molar-refractivity contribution in [1.82, 2.24) is 9.88 Å². The van der Waals surface area contributed by atoms with Gasteiger partial charge in [-0.05, 0) is 19.1 Å². The highest BCUT2D eigenvalue weighted by atomic mass is 35.5. The summed E-state index contributed by atoms with van der Waals surface area (Å²) in [5.74, 6) is 0.263. The number of likely N-dealkylation sites (N-methyl/N-ethyl adjacent to an activating group) is 1. The summed E-state index contributed by atoms with van der Waals surface area (Å²) < 4.78 is 0. The molecule has 21 heavy (non-hydrogen) atoms. The molecule has 1 aromatic carbocycles. The summed E-state index contributed by atoms with van der Waals surface area (Å²) in [7, 11) is 1.68. The van der Waals surface area contributed by atoms with Crippen molar-refractivity contribution in [3.05, 3.63) is 40.9 Å². The normalized spacial score (nSPS) is 12.2.